The van der Waals surface area contributed by atoms with Gasteiger partial charge in [-0.1, -0.05) is 11.6 Å². The molecule has 0 fully saturated rings. The zero-order valence-corrected chi connectivity index (χ0v) is 11.2. The van der Waals surface area contributed by atoms with Gasteiger partial charge in [-0.2, -0.15) is 7.05 Å². The van der Waals surface area contributed by atoms with Crippen molar-refractivity contribution in [3.05, 3.63) is 25.8 Å². The van der Waals surface area contributed by atoms with Crippen molar-refractivity contribution in [1.82, 2.24) is 19.7 Å². The summed E-state index contributed by atoms with van der Waals surface area (Å²) < 4.78 is 1.35. The third-order valence-electron chi connectivity index (χ3n) is 1.47. The molecule has 2 N–H and O–H groups in total. The summed E-state index contributed by atoms with van der Waals surface area (Å²) in [6.45, 7) is 0. The Morgan fingerprint density at radius 1 is 1.43 bits per heavy atom. The van der Waals surface area contributed by atoms with Crippen molar-refractivity contribution in [2.75, 3.05) is 5.73 Å². The number of fused-ring (bicyclic) bond motifs is 1. The van der Waals surface area contributed by atoms with Crippen LogP contribution in [-0.2, 0) is 32.7 Å². The van der Waals surface area contributed by atoms with E-state index in [4.69, 9.17) is 17.3 Å². The van der Waals surface area contributed by atoms with Crippen LogP contribution in [0.25, 0.3) is 11.0 Å². The number of halogens is 1. The molecule has 0 aliphatic rings. The SMILES string of the molecule is [CH2-]n1ncc2c(Cl)nc(N)nc21.[CH3-].[Y]. The number of hydrogen-bond acceptors (Lipinski definition) is 4. The van der Waals surface area contributed by atoms with Crippen LogP contribution in [0.3, 0.4) is 0 Å². The van der Waals surface area contributed by atoms with Crippen LogP contribution in [0.4, 0.5) is 5.95 Å². The summed E-state index contributed by atoms with van der Waals surface area (Å²) >= 11 is 5.76. The molecule has 0 unspecified atom stereocenters. The number of anilines is 1. The molecule has 2 rings (SSSR count). The van der Waals surface area contributed by atoms with Crippen molar-refractivity contribution in [3.8, 4) is 0 Å². The Kier molecular flexibility index (Phi) is 4.78. The van der Waals surface area contributed by atoms with Gasteiger partial charge in [-0.15, -0.1) is 0 Å². The van der Waals surface area contributed by atoms with Gasteiger partial charge >= 0.3 is 0 Å². The zero-order valence-electron chi connectivity index (χ0n) is 7.61. The predicted molar refractivity (Wildman–Crippen MR) is 51.9 cm³/mol. The fourth-order valence-corrected chi connectivity index (χ4v) is 1.16. The number of nitrogen functional groups attached to an aromatic ring is 1. The molecular formula is C7H8ClN5Y-2. The van der Waals surface area contributed by atoms with Gasteiger partial charge in [-0.05, 0) is 5.39 Å². The Morgan fingerprint density at radius 2 is 2.07 bits per heavy atom. The minimum absolute atomic E-state index is 0. The molecule has 0 bridgehead atoms. The van der Waals surface area contributed by atoms with Gasteiger partial charge in [-0.3, -0.25) is 4.98 Å². The van der Waals surface area contributed by atoms with Crippen molar-refractivity contribution >= 4 is 28.6 Å². The Bertz CT molecular complexity index is 441. The maximum absolute atomic E-state index is 5.76. The molecule has 2 aromatic rings. The molecule has 0 amide bonds. The summed E-state index contributed by atoms with van der Waals surface area (Å²) in [5, 5.41) is 4.81. The first-order valence-corrected chi connectivity index (χ1v) is 3.54. The molecule has 0 saturated carbocycles. The smallest absolute Gasteiger partial charge is 0.204 e. The Balaban J connectivity index is 0.000000845. The Labute approximate surface area is 112 Å². The van der Waals surface area contributed by atoms with Crippen LogP contribution in [0.5, 0.6) is 0 Å². The van der Waals surface area contributed by atoms with E-state index in [2.05, 4.69) is 22.1 Å². The second-order valence-electron chi connectivity index (χ2n) is 2.25. The first-order chi connectivity index (χ1) is 5.68. The predicted octanol–water partition coefficient (Wildman–Crippen LogP) is 1.15. The minimum atomic E-state index is 0. The van der Waals surface area contributed by atoms with Crippen molar-refractivity contribution in [1.29, 1.82) is 0 Å². The van der Waals surface area contributed by atoms with Crippen molar-refractivity contribution < 1.29 is 32.7 Å². The molecule has 0 aliphatic heterocycles. The van der Waals surface area contributed by atoms with E-state index in [1.54, 1.807) is 6.20 Å². The first kappa shape index (κ1) is 13.6. The Morgan fingerprint density at radius 3 is 2.71 bits per heavy atom. The second kappa shape index (κ2) is 4.91. The number of rotatable bonds is 0. The average molecular weight is 287 g/mol. The summed E-state index contributed by atoms with van der Waals surface area (Å²) in [6, 6.07) is 0. The molecule has 7 heteroatoms. The minimum Gasteiger partial charge on any atom is -0.385 e. The van der Waals surface area contributed by atoms with Gasteiger partial charge in [0.25, 0.3) is 0 Å². The van der Waals surface area contributed by atoms with Gasteiger partial charge < -0.3 is 17.8 Å². The average Bonchev–Trinajstić information content (AvgIpc) is 2.33. The largest absolute Gasteiger partial charge is 0.385 e. The monoisotopic (exact) mass is 286 g/mol. The second-order valence-corrected chi connectivity index (χ2v) is 2.61. The molecular weight excluding hydrogens is 278 g/mol. The van der Waals surface area contributed by atoms with E-state index >= 15 is 0 Å². The maximum Gasteiger partial charge on any atom is 0.204 e. The van der Waals surface area contributed by atoms with E-state index in [1.807, 2.05) is 0 Å². The van der Waals surface area contributed by atoms with E-state index in [0.717, 1.165) is 0 Å². The Hall–Kier alpha value is -0.386. The van der Waals surface area contributed by atoms with E-state index in [9.17, 15) is 0 Å². The van der Waals surface area contributed by atoms with Gasteiger partial charge in [0.15, 0.2) is 0 Å². The molecule has 14 heavy (non-hydrogen) atoms. The standard InChI is InChI=1S/C6H5ClN5.CH3.Y/c1-12-5-3(2-9-12)4(7)10-6(8)11-5;;/h2H,1H2,(H2,8,10,11);1H3;/q2*-1;. The molecule has 0 atom stereocenters. The van der Waals surface area contributed by atoms with Crippen LogP contribution in [0, 0.1) is 14.5 Å². The number of aromatic nitrogens is 4. The van der Waals surface area contributed by atoms with Crippen LogP contribution in [0.1, 0.15) is 0 Å². The summed E-state index contributed by atoms with van der Waals surface area (Å²) in [7, 11) is 3.59. The van der Waals surface area contributed by atoms with Crippen LogP contribution >= 0.6 is 11.6 Å². The van der Waals surface area contributed by atoms with E-state index in [-0.39, 0.29) is 46.1 Å². The van der Waals surface area contributed by atoms with Gasteiger partial charge in [0.2, 0.25) is 5.95 Å². The fraction of sp³-hybridized carbons (Fsp3) is 0. The normalized spacial score (nSPS) is 9.21. The maximum atomic E-state index is 5.76. The van der Waals surface area contributed by atoms with E-state index in [1.165, 1.54) is 4.68 Å². The fourth-order valence-electron chi connectivity index (χ4n) is 0.937. The van der Waals surface area contributed by atoms with Gasteiger partial charge in [-0.25, -0.2) is 10.1 Å². The number of nitrogens with zero attached hydrogens (tertiary/aromatic N) is 4. The molecule has 0 saturated heterocycles. The molecule has 73 valence electrons. The van der Waals surface area contributed by atoms with E-state index < -0.39 is 0 Å². The van der Waals surface area contributed by atoms with Crippen LogP contribution in [0.2, 0.25) is 5.15 Å². The van der Waals surface area contributed by atoms with Crippen molar-refractivity contribution in [3.63, 3.8) is 0 Å². The molecule has 2 aromatic heterocycles. The van der Waals surface area contributed by atoms with Crippen molar-refractivity contribution in [2.24, 2.45) is 0 Å². The molecule has 5 nitrogen and oxygen atoms in total. The third-order valence-corrected chi connectivity index (χ3v) is 1.76. The molecule has 2 heterocycles. The first-order valence-electron chi connectivity index (χ1n) is 3.16. The molecule has 0 spiro atoms. The van der Waals surface area contributed by atoms with Gasteiger partial charge in [0, 0.05) is 44.6 Å². The summed E-state index contributed by atoms with van der Waals surface area (Å²) in [6.07, 6.45) is 1.55. The number of hydrogen-bond donors (Lipinski definition) is 1. The van der Waals surface area contributed by atoms with E-state index in [0.29, 0.717) is 16.2 Å². The molecule has 0 aromatic carbocycles. The summed E-state index contributed by atoms with van der Waals surface area (Å²) in [4.78, 5) is 7.68. The van der Waals surface area contributed by atoms with Crippen LogP contribution in [0.15, 0.2) is 6.20 Å². The third kappa shape index (κ3) is 2.16. The van der Waals surface area contributed by atoms with Gasteiger partial charge in [0.05, 0.1) is 0 Å². The molecule has 0 aliphatic carbocycles. The van der Waals surface area contributed by atoms with Crippen LogP contribution in [-0.4, -0.2) is 19.7 Å². The van der Waals surface area contributed by atoms with Crippen LogP contribution < -0.4 is 5.73 Å². The summed E-state index contributed by atoms with van der Waals surface area (Å²) in [5.41, 5.74) is 5.91. The zero-order chi connectivity index (χ0) is 8.72. The topological polar surface area (TPSA) is 69.6 Å². The van der Waals surface area contributed by atoms with Crippen molar-refractivity contribution in [2.45, 2.75) is 0 Å². The summed E-state index contributed by atoms with van der Waals surface area (Å²) in [5.74, 6) is 0.123. The molecule has 1 radical (unpaired) electrons. The quantitative estimate of drug-likeness (QED) is 0.582. The van der Waals surface area contributed by atoms with Gasteiger partial charge in [0.1, 0.15) is 5.15 Å². The number of nitrogens with two attached hydrogens (primary N) is 1.